The average Bonchev–Trinajstić information content (AvgIpc) is 2.42. The number of carbonyl (C=O) groups is 2. The summed E-state index contributed by atoms with van der Waals surface area (Å²) in [5, 5.41) is 2.56. The lowest BCUT2D eigenvalue weighted by atomic mass is 9.86. The van der Waals surface area contributed by atoms with E-state index < -0.39 is 38.8 Å². The summed E-state index contributed by atoms with van der Waals surface area (Å²) in [5.41, 5.74) is -1.31. The minimum absolute atomic E-state index is 0.466. The molecule has 0 saturated carbocycles. The monoisotopic (exact) mass is 368 g/mol. The third-order valence-electron chi connectivity index (χ3n) is 3.22. The molecule has 2 amide bonds. The molecule has 140 valence electrons. The normalized spacial score (nSPS) is 15.6. The molecule has 0 spiro atoms. The van der Waals surface area contributed by atoms with Gasteiger partial charge in [-0.15, -0.1) is 0 Å². The van der Waals surface area contributed by atoms with Gasteiger partial charge in [0.05, 0.1) is 9.73 Å². The molecule has 0 aromatic heterocycles. The lowest BCUT2D eigenvalue weighted by molar-refractivity contribution is -0.122. The number of hydrogen-bond acceptors (Lipinski definition) is 4. The largest absolute Gasteiger partial charge is 0.444 e. The molecule has 6 nitrogen and oxygen atoms in total. The van der Waals surface area contributed by atoms with Gasteiger partial charge in [-0.3, -0.25) is 4.79 Å². The molecule has 7 heteroatoms. The number of benzene rings is 1. The van der Waals surface area contributed by atoms with Crippen LogP contribution in [0.4, 0.5) is 4.79 Å². The highest BCUT2D eigenvalue weighted by Crippen LogP contribution is 2.22. The van der Waals surface area contributed by atoms with E-state index in [0.717, 1.165) is 0 Å². The maximum Gasteiger partial charge on any atom is 0.408 e. The predicted octanol–water partition coefficient (Wildman–Crippen LogP) is 3.61. The molecule has 1 aromatic carbocycles. The molecule has 25 heavy (non-hydrogen) atoms. The Morgan fingerprint density at radius 2 is 1.60 bits per heavy atom. The lowest BCUT2D eigenvalue weighted by Crippen LogP contribution is -2.50. The van der Waals surface area contributed by atoms with Crippen LogP contribution in [0.3, 0.4) is 0 Å². The van der Waals surface area contributed by atoms with E-state index in [1.807, 2.05) is 0 Å². The Bertz CT molecular complexity index is 737. The van der Waals surface area contributed by atoms with Gasteiger partial charge in [0, 0.05) is 11.2 Å². The zero-order chi connectivity index (χ0) is 19.5. The maximum absolute atomic E-state index is 12.8. The highest BCUT2D eigenvalue weighted by atomic mass is 32.2. The first-order valence-electron chi connectivity index (χ1n) is 8.03. The summed E-state index contributed by atoms with van der Waals surface area (Å²) in [6.07, 6.45) is 0.700. The quantitative estimate of drug-likeness (QED) is 0.883. The van der Waals surface area contributed by atoms with Crippen LogP contribution in [0.1, 0.15) is 41.5 Å². The van der Waals surface area contributed by atoms with E-state index in [0.29, 0.717) is 4.90 Å². The summed E-state index contributed by atoms with van der Waals surface area (Å²) < 4.78 is 21.9. The van der Waals surface area contributed by atoms with E-state index in [1.54, 1.807) is 71.9 Å². The van der Waals surface area contributed by atoms with Gasteiger partial charge in [0.25, 0.3) is 5.91 Å². The Hall–Kier alpha value is -1.89. The number of nitrogens with one attached hydrogen (secondary N) is 1. The van der Waals surface area contributed by atoms with Crippen molar-refractivity contribution in [3.8, 4) is 0 Å². The molecule has 0 radical (unpaired) electrons. The van der Waals surface area contributed by atoms with Gasteiger partial charge in [-0.2, -0.15) is 4.36 Å². The fraction of sp³-hybridized carbons (Fsp3) is 0.556. The molecule has 1 aromatic rings. The van der Waals surface area contributed by atoms with E-state index in [1.165, 1.54) is 6.26 Å². The van der Waals surface area contributed by atoms with Crippen LogP contribution < -0.4 is 5.32 Å². The molecule has 0 unspecified atom stereocenters. The van der Waals surface area contributed by atoms with Crippen LogP contribution in [0.5, 0.6) is 0 Å². The molecule has 0 bridgehead atoms. The van der Waals surface area contributed by atoms with Gasteiger partial charge in [-0.25, -0.2) is 9.00 Å². The fourth-order valence-corrected chi connectivity index (χ4v) is 3.24. The second-order valence-electron chi connectivity index (χ2n) is 7.99. The molecular formula is C18H28N2O4S. The first-order valence-corrected chi connectivity index (χ1v) is 9.95. The number of ether oxygens (including phenoxy) is 1. The first kappa shape index (κ1) is 21.2. The second kappa shape index (κ2) is 7.56. The van der Waals surface area contributed by atoms with Gasteiger partial charge in [-0.1, -0.05) is 39.0 Å². The van der Waals surface area contributed by atoms with Gasteiger partial charge >= 0.3 is 6.09 Å². The Morgan fingerprint density at radius 1 is 1.08 bits per heavy atom. The van der Waals surface area contributed by atoms with E-state index >= 15 is 0 Å². The summed E-state index contributed by atoms with van der Waals surface area (Å²) in [6, 6.07) is 7.63. The van der Waals surface area contributed by atoms with Crippen molar-refractivity contribution < 1.29 is 18.5 Å². The van der Waals surface area contributed by atoms with Crippen molar-refractivity contribution in [3.05, 3.63) is 30.3 Å². The number of amides is 2. The Morgan fingerprint density at radius 3 is 2.04 bits per heavy atom. The van der Waals surface area contributed by atoms with Gasteiger partial charge < -0.3 is 10.1 Å². The van der Waals surface area contributed by atoms with E-state index in [-0.39, 0.29) is 0 Å². The number of carbonyl (C=O) groups excluding carboxylic acids is 2. The zero-order valence-corrected chi connectivity index (χ0v) is 16.8. The van der Waals surface area contributed by atoms with Crippen molar-refractivity contribution in [1.82, 2.24) is 5.32 Å². The fourth-order valence-electron chi connectivity index (χ4n) is 2.02. The van der Waals surface area contributed by atoms with Crippen LogP contribution in [0, 0.1) is 5.41 Å². The van der Waals surface area contributed by atoms with E-state index in [2.05, 4.69) is 9.68 Å². The number of hydrogen-bond donors (Lipinski definition) is 1. The molecule has 1 rings (SSSR count). The molecule has 2 atom stereocenters. The average molecular weight is 368 g/mol. The maximum atomic E-state index is 12.8. The van der Waals surface area contributed by atoms with Gasteiger partial charge in [0.2, 0.25) is 0 Å². The smallest absolute Gasteiger partial charge is 0.408 e. The minimum atomic E-state index is -2.90. The van der Waals surface area contributed by atoms with Crippen molar-refractivity contribution in [1.29, 1.82) is 0 Å². The summed E-state index contributed by atoms with van der Waals surface area (Å²) in [4.78, 5) is 25.2. The van der Waals surface area contributed by atoms with Gasteiger partial charge in [0.15, 0.2) is 0 Å². The summed E-state index contributed by atoms with van der Waals surface area (Å²) in [6.45, 7) is 10.6. The third kappa shape index (κ3) is 6.86. The molecule has 0 fully saturated rings. The van der Waals surface area contributed by atoms with Crippen LogP contribution in [0.15, 0.2) is 39.6 Å². The molecule has 0 aliphatic heterocycles. The highest BCUT2D eigenvalue weighted by molar-refractivity contribution is 7.93. The van der Waals surface area contributed by atoms with Crippen molar-refractivity contribution >= 4 is 21.7 Å². The zero-order valence-electron chi connectivity index (χ0n) is 16.0. The number of alkyl carbamates (subject to hydrolysis) is 1. The standard InChI is InChI=1S/C18H28N2O4S/c1-17(2,3)14(19-16(22)24-18(4,5)6)15(21)20-25(7,23)13-11-9-8-10-12-13/h8-12,14H,1-7H3,(H,19,22)/t14-,25+/m1/s1. The summed E-state index contributed by atoms with van der Waals surface area (Å²) in [7, 11) is -2.90. The topological polar surface area (TPSA) is 84.8 Å². The second-order valence-corrected chi connectivity index (χ2v) is 10.2. The van der Waals surface area contributed by atoms with Crippen LogP contribution >= 0.6 is 0 Å². The molecule has 0 aliphatic rings. The Balaban J connectivity index is 3.12. The van der Waals surface area contributed by atoms with Crippen LogP contribution in [-0.4, -0.2) is 34.1 Å². The molecular weight excluding hydrogens is 340 g/mol. The SMILES string of the molecule is CC(C)(C)OC(=O)N[C@H](C(=O)N=[S@@](C)(=O)c1ccccc1)C(C)(C)C. The van der Waals surface area contributed by atoms with Gasteiger partial charge in [0.1, 0.15) is 11.6 Å². The predicted molar refractivity (Wildman–Crippen MR) is 98.8 cm³/mol. The Labute approximate surface area is 150 Å². The van der Waals surface area contributed by atoms with E-state index in [9.17, 15) is 13.8 Å². The van der Waals surface area contributed by atoms with E-state index in [4.69, 9.17) is 4.74 Å². The number of rotatable bonds is 3. The molecule has 1 N–H and O–H groups in total. The minimum Gasteiger partial charge on any atom is -0.444 e. The first-order chi connectivity index (χ1) is 11.2. The molecule has 0 aliphatic carbocycles. The highest BCUT2D eigenvalue weighted by Gasteiger charge is 2.34. The molecule has 0 heterocycles. The third-order valence-corrected chi connectivity index (χ3v) is 4.89. The van der Waals surface area contributed by atoms with Crippen LogP contribution in [0.25, 0.3) is 0 Å². The lowest BCUT2D eigenvalue weighted by Gasteiger charge is -2.30. The van der Waals surface area contributed by atoms with Crippen molar-refractivity contribution in [2.45, 2.75) is 58.1 Å². The van der Waals surface area contributed by atoms with Crippen LogP contribution in [-0.2, 0) is 19.3 Å². The van der Waals surface area contributed by atoms with Crippen LogP contribution in [0.2, 0.25) is 0 Å². The van der Waals surface area contributed by atoms with Gasteiger partial charge in [-0.05, 0) is 38.3 Å². The summed E-state index contributed by atoms with van der Waals surface area (Å²) >= 11 is 0. The summed E-state index contributed by atoms with van der Waals surface area (Å²) in [5.74, 6) is -0.644. The Kier molecular flexibility index (Phi) is 6.39. The van der Waals surface area contributed by atoms with Crippen molar-refractivity contribution in [2.24, 2.45) is 9.78 Å². The molecule has 0 saturated heterocycles. The number of nitrogens with zero attached hydrogens (tertiary/aromatic N) is 1. The van der Waals surface area contributed by atoms with Crippen molar-refractivity contribution in [2.75, 3.05) is 6.26 Å². The van der Waals surface area contributed by atoms with Crippen molar-refractivity contribution in [3.63, 3.8) is 0 Å².